The van der Waals surface area contributed by atoms with E-state index >= 15 is 0 Å². The number of hydrogen-bond donors (Lipinski definition) is 0. The van der Waals surface area contributed by atoms with Crippen LogP contribution in [0.1, 0.15) is 20.1 Å². The van der Waals surface area contributed by atoms with Gasteiger partial charge >= 0.3 is 5.97 Å². The van der Waals surface area contributed by atoms with Crippen molar-refractivity contribution in [3.8, 4) is 5.75 Å². The molecule has 0 amide bonds. The summed E-state index contributed by atoms with van der Waals surface area (Å²) in [5.74, 6) is 0.415. The van der Waals surface area contributed by atoms with Crippen LogP contribution in [0.25, 0.3) is 0 Å². The number of ketones is 1. The first-order valence-corrected chi connectivity index (χ1v) is 7.26. The van der Waals surface area contributed by atoms with Crippen LogP contribution < -0.4 is 4.74 Å². The second kappa shape index (κ2) is 7.04. The van der Waals surface area contributed by atoms with Gasteiger partial charge in [-0.15, -0.1) is 11.3 Å². The van der Waals surface area contributed by atoms with Gasteiger partial charge in [0.05, 0.1) is 25.5 Å². The number of methoxy groups -OCH3 is 2. The van der Waals surface area contributed by atoms with Crippen molar-refractivity contribution in [3.05, 3.63) is 51.7 Å². The van der Waals surface area contributed by atoms with Crippen molar-refractivity contribution in [2.24, 2.45) is 0 Å². The van der Waals surface area contributed by atoms with Crippen molar-refractivity contribution in [1.82, 2.24) is 0 Å². The molecule has 5 heteroatoms. The normalized spacial score (nSPS) is 10.2. The number of benzene rings is 1. The van der Waals surface area contributed by atoms with E-state index in [1.807, 2.05) is 24.3 Å². The fourth-order valence-corrected chi connectivity index (χ4v) is 2.88. The van der Waals surface area contributed by atoms with E-state index < -0.39 is 0 Å². The highest BCUT2D eigenvalue weighted by atomic mass is 32.1. The molecule has 110 valence electrons. The summed E-state index contributed by atoms with van der Waals surface area (Å²) in [6.07, 6.45) is 0.477. The van der Waals surface area contributed by atoms with E-state index in [9.17, 15) is 9.59 Å². The quantitative estimate of drug-likeness (QED) is 0.608. The topological polar surface area (TPSA) is 52.6 Å². The van der Waals surface area contributed by atoms with E-state index in [2.05, 4.69) is 4.74 Å². The van der Waals surface area contributed by atoms with E-state index in [0.29, 0.717) is 10.6 Å². The van der Waals surface area contributed by atoms with Crippen molar-refractivity contribution in [2.75, 3.05) is 14.2 Å². The number of rotatable bonds is 6. The minimum absolute atomic E-state index is 0.0145. The monoisotopic (exact) mass is 304 g/mol. The van der Waals surface area contributed by atoms with Crippen LogP contribution in [0.15, 0.2) is 36.4 Å². The highest BCUT2D eigenvalue weighted by Gasteiger charge is 2.14. The Morgan fingerprint density at radius 1 is 1.05 bits per heavy atom. The van der Waals surface area contributed by atoms with Crippen LogP contribution in [-0.2, 0) is 22.4 Å². The van der Waals surface area contributed by atoms with Gasteiger partial charge in [-0.3, -0.25) is 9.59 Å². The predicted molar refractivity (Wildman–Crippen MR) is 81.1 cm³/mol. The molecular weight excluding hydrogens is 288 g/mol. The third kappa shape index (κ3) is 3.92. The van der Waals surface area contributed by atoms with Crippen LogP contribution >= 0.6 is 11.3 Å². The Hall–Kier alpha value is -2.14. The van der Waals surface area contributed by atoms with Gasteiger partial charge in [-0.1, -0.05) is 18.2 Å². The molecule has 0 unspecified atom stereocenters. The van der Waals surface area contributed by atoms with Gasteiger partial charge in [-0.2, -0.15) is 0 Å². The molecule has 0 saturated carbocycles. The van der Waals surface area contributed by atoms with Crippen molar-refractivity contribution < 1.29 is 19.1 Å². The zero-order valence-corrected chi connectivity index (χ0v) is 12.7. The molecule has 4 nitrogen and oxygen atoms in total. The number of ether oxygens (including phenoxy) is 2. The third-order valence-corrected chi connectivity index (χ3v) is 4.15. The lowest BCUT2D eigenvalue weighted by molar-refractivity contribution is -0.139. The zero-order valence-electron chi connectivity index (χ0n) is 11.9. The second-order valence-corrected chi connectivity index (χ2v) is 5.60. The Labute approximate surface area is 127 Å². The molecule has 0 fully saturated rings. The maximum atomic E-state index is 12.3. The van der Waals surface area contributed by atoms with E-state index in [1.165, 1.54) is 18.4 Å². The van der Waals surface area contributed by atoms with Crippen molar-refractivity contribution >= 4 is 23.1 Å². The van der Waals surface area contributed by atoms with Gasteiger partial charge in [0.25, 0.3) is 0 Å². The molecular formula is C16H16O4S. The van der Waals surface area contributed by atoms with Gasteiger partial charge in [0.1, 0.15) is 5.75 Å². The standard InChI is InChI=1S/C16H16O4S/c1-19-14-6-4-3-5-11(14)9-13(17)15-8-7-12(21-15)10-16(18)20-2/h3-8H,9-10H2,1-2H3. The van der Waals surface area contributed by atoms with Crippen LogP contribution in [-0.4, -0.2) is 26.0 Å². The fraction of sp³-hybridized carbons (Fsp3) is 0.250. The summed E-state index contributed by atoms with van der Waals surface area (Å²) in [5.41, 5.74) is 0.855. The number of thiophene rings is 1. The summed E-state index contributed by atoms with van der Waals surface area (Å²) in [4.78, 5) is 25.0. The van der Waals surface area contributed by atoms with E-state index in [1.54, 1.807) is 19.2 Å². The van der Waals surface area contributed by atoms with Gasteiger partial charge < -0.3 is 9.47 Å². The van der Waals surface area contributed by atoms with Crippen LogP contribution in [0, 0.1) is 0 Å². The average Bonchev–Trinajstić information content (AvgIpc) is 2.96. The molecule has 0 aliphatic carbocycles. The summed E-state index contributed by atoms with van der Waals surface area (Å²) < 4.78 is 9.86. The number of esters is 1. The van der Waals surface area contributed by atoms with Gasteiger partial charge in [0, 0.05) is 16.9 Å². The van der Waals surface area contributed by atoms with Gasteiger partial charge in [-0.25, -0.2) is 0 Å². The van der Waals surface area contributed by atoms with E-state index in [-0.39, 0.29) is 24.6 Å². The lowest BCUT2D eigenvalue weighted by atomic mass is 10.1. The first-order valence-electron chi connectivity index (χ1n) is 6.44. The number of carbonyl (C=O) groups is 2. The lowest BCUT2D eigenvalue weighted by Gasteiger charge is -2.06. The summed E-state index contributed by atoms with van der Waals surface area (Å²) in [5, 5.41) is 0. The SMILES string of the molecule is COC(=O)Cc1ccc(C(=O)Cc2ccccc2OC)s1. The summed E-state index contributed by atoms with van der Waals surface area (Å²) in [7, 11) is 2.94. The smallest absolute Gasteiger partial charge is 0.310 e. The first kappa shape index (κ1) is 15.3. The Morgan fingerprint density at radius 2 is 1.81 bits per heavy atom. The van der Waals surface area contributed by atoms with Crippen LogP contribution in [0.3, 0.4) is 0 Å². The molecule has 0 saturated heterocycles. The molecule has 21 heavy (non-hydrogen) atoms. The van der Waals surface area contributed by atoms with E-state index in [4.69, 9.17) is 4.74 Å². The maximum Gasteiger partial charge on any atom is 0.310 e. The van der Waals surface area contributed by atoms with Gasteiger partial charge in [-0.05, 0) is 18.2 Å². The number of Topliss-reactive ketones (excluding diaryl/α,β-unsaturated/α-hetero) is 1. The molecule has 2 aromatic rings. The highest BCUT2D eigenvalue weighted by Crippen LogP contribution is 2.23. The minimum atomic E-state index is -0.305. The lowest BCUT2D eigenvalue weighted by Crippen LogP contribution is -2.03. The van der Waals surface area contributed by atoms with Gasteiger partial charge in [0.15, 0.2) is 5.78 Å². The fourth-order valence-electron chi connectivity index (χ4n) is 1.95. The van der Waals surface area contributed by atoms with Crippen molar-refractivity contribution in [3.63, 3.8) is 0 Å². The zero-order chi connectivity index (χ0) is 15.2. The number of hydrogen-bond acceptors (Lipinski definition) is 5. The van der Waals surface area contributed by atoms with Gasteiger partial charge in [0.2, 0.25) is 0 Å². The number of para-hydroxylation sites is 1. The molecule has 1 aromatic carbocycles. The summed E-state index contributed by atoms with van der Waals surface area (Å²) in [6.45, 7) is 0. The molecule has 0 N–H and O–H groups in total. The summed E-state index contributed by atoms with van der Waals surface area (Å²) >= 11 is 1.33. The van der Waals surface area contributed by atoms with Crippen LogP contribution in [0.5, 0.6) is 5.75 Å². The highest BCUT2D eigenvalue weighted by molar-refractivity contribution is 7.14. The predicted octanol–water partition coefficient (Wildman–Crippen LogP) is 2.90. The molecule has 0 aliphatic rings. The second-order valence-electron chi connectivity index (χ2n) is 4.43. The average molecular weight is 304 g/mol. The van der Waals surface area contributed by atoms with Crippen molar-refractivity contribution in [2.45, 2.75) is 12.8 Å². The molecule has 1 heterocycles. The van der Waals surface area contributed by atoms with Crippen LogP contribution in [0.2, 0.25) is 0 Å². The molecule has 0 spiro atoms. The molecule has 0 bridgehead atoms. The molecule has 0 atom stereocenters. The third-order valence-electron chi connectivity index (χ3n) is 3.03. The van der Waals surface area contributed by atoms with Crippen molar-refractivity contribution in [1.29, 1.82) is 0 Å². The molecule has 0 aliphatic heterocycles. The largest absolute Gasteiger partial charge is 0.496 e. The summed E-state index contributed by atoms with van der Waals surface area (Å²) in [6, 6.07) is 11.0. The Balaban J connectivity index is 2.08. The molecule has 2 rings (SSSR count). The number of carbonyl (C=O) groups excluding carboxylic acids is 2. The minimum Gasteiger partial charge on any atom is -0.496 e. The Morgan fingerprint density at radius 3 is 2.52 bits per heavy atom. The first-order chi connectivity index (χ1) is 10.1. The molecule has 0 radical (unpaired) electrons. The molecule has 1 aromatic heterocycles. The Bertz CT molecular complexity index is 645. The van der Waals surface area contributed by atoms with E-state index in [0.717, 1.165) is 10.4 Å². The van der Waals surface area contributed by atoms with Crippen LogP contribution in [0.4, 0.5) is 0 Å². The maximum absolute atomic E-state index is 12.3. The Kier molecular flexibility index (Phi) is 5.11.